The Balaban J connectivity index is 1.82. The topological polar surface area (TPSA) is 99.4 Å². The maximum atomic E-state index is 10.9. The van der Waals surface area contributed by atoms with Gasteiger partial charge in [-0.15, -0.1) is 0 Å². The first-order valence-corrected chi connectivity index (χ1v) is 13.1. The van der Waals surface area contributed by atoms with Crippen molar-refractivity contribution in [2.75, 3.05) is 13.2 Å². The average molecular weight is 457 g/mol. The van der Waals surface area contributed by atoms with Crippen molar-refractivity contribution in [2.24, 2.45) is 40.9 Å². The van der Waals surface area contributed by atoms with Gasteiger partial charge >= 0.3 is 0 Å². The van der Waals surface area contributed by atoms with Gasteiger partial charge in [-0.3, -0.25) is 0 Å². The maximum Gasteiger partial charge on any atom is 0.151 e. The molecule has 0 aromatic rings. The first-order valence-electron chi connectivity index (χ1n) is 13.1. The summed E-state index contributed by atoms with van der Waals surface area (Å²) in [6.07, 6.45) is 7.83. The van der Waals surface area contributed by atoms with Crippen LogP contribution in [0.1, 0.15) is 85.5 Å². The molecular weight excluding hydrogens is 408 g/mol. The minimum Gasteiger partial charge on any atom is -0.392 e. The Morgan fingerprint density at radius 1 is 0.719 bits per heavy atom. The monoisotopic (exact) mass is 456 g/mol. The molecule has 188 valence electrons. The van der Waals surface area contributed by atoms with Crippen molar-refractivity contribution in [1.82, 2.24) is 0 Å². The molecule has 0 radical (unpaired) electrons. The molecule has 10 atom stereocenters. The van der Waals surface area contributed by atoms with Gasteiger partial charge < -0.3 is 29.9 Å². The van der Waals surface area contributed by atoms with E-state index in [1.807, 2.05) is 0 Å². The summed E-state index contributed by atoms with van der Waals surface area (Å²) in [4.78, 5) is 0. The van der Waals surface area contributed by atoms with Crippen LogP contribution in [0.25, 0.3) is 0 Å². The van der Waals surface area contributed by atoms with Crippen molar-refractivity contribution in [3.8, 4) is 0 Å². The van der Waals surface area contributed by atoms with Crippen LogP contribution in [0.15, 0.2) is 0 Å². The molecule has 3 rings (SSSR count). The maximum absolute atomic E-state index is 10.9. The van der Waals surface area contributed by atoms with Gasteiger partial charge in [-0.25, -0.2) is 0 Å². The molecule has 32 heavy (non-hydrogen) atoms. The zero-order valence-electron chi connectivity index (χ0n) is 20.7. The van der Waals surface area contributed by atoms with Crippen LogP contribution in [0.2, 0.25) is 0 Å². The second kappa shape index (κ2) is 11.5. The van der Waals surface area contributed by atoms with Gasteiger partial charge in [0.1, 0.15) is 0 Å². The molecule has 0 aromatic carbocycles. The van der Waals surface area contributed by atoms with Crippen LogP contribution < -0.4 is 0 Å². The van der Waals surface area contributed by atoms with Crippen LogP contribution in [0, 0.1) is 40.9 Å². The molecule has 0 aliphatic heterocycles. The lowest BCUT2D eigenvalue weighted by Gasteiger charge is -2.56. The largest absolute Gasteiger partial charge is 0.392 e. The Hall–Kier alpha value is -0.240. The van der Waals surface area contributed by atoms with E-state index >= 15 is 0 Å². The van der Waals surface area contributed by atoms with E-state index in [0.717, 1.165) is 25.7 Å². The van der Waals surface area contributed by atoms with Gasteiger partial charge in [0.2, 0.25) is 0 Å². The highest BCUT2D eigenvalue weighted by Gasteiger charge is 2.52. The highest BCUT2D eigenvalue weighted by Crippen LogP contribution is 2.59. The van der Waals surface area contributed by atoms with Crippen LogP contribution in [0.5, 0.6) is 0 Å². The quantitative estimate of drug-likeness (QED) is 0.416. The predicted molar refractivity (Wildman–Crippen MR) is 124 cm³/mol. The van der Waals surface area contributed by atoms with Gasteiger partial charge in [0.05, 0.1) is 25.4 Å². The minimum absolute atomic E-state index is 0.0538. The molecule has 0 saturated heterocycles. The van der Waals surface area contributed by atoms with Crippen LogP contribution >= 0.6 is 0 Å². The van der Waals surface area contributed by atoms with Crippen LogP contribution in [0.3, 0.4) is 0 Å². The van der Waals surface area contributed by atoms with E-state index in [1.165, 1.54) is 32.1 Å². The van der Waals surface area contributed by atoms with E-state index in [1.54, 1.807) is 13.8 Å². The van der Waals surface area contributed by atoms with Crippen molar-refractivity contribution >= 4 is 0 Å². The van der Waals surface area contributed by atoms with Crippen molar-refractivity contribution in [3.05, 3.63) is 0 Å². The molecule has 0 amide bonds. The lowest BCUT2D eigenvalue weighted by molar-refractivity contribution is -0.151. The molecule has 3 aliphatic rings. The molecule has 3 saturated carbocycles. The second-order valence-corrected chi connectivity index (χ2v) is 11.5. The summed E-state index contributed by atoms with van der Waals surface area (Å²) < 4.78 is 11.1. The number of aliphatic hydroxyl groups excluding tert-OH is 4. The fraction of sp³-hybridized carbons (Fsp3) is 1.00. The van der Waals surface area contributed by atoms with E-state index in [9.17, 15) is 20.4 Å². The summed E-state index contributed by atoms with van der Waals surface area (Å²) in [7, 11) is 0. The molecular formula is C26H48O6. The number of aliphatic hydroxyl groups is 4. The second-order valence-electron chi connectivity index (χ2n) is 11.5. The van der Waals surface area contributed by atoms with Gasteiger partial charge in [0, 0.05) is 11.8 Å². The third-order valence-corrected chi connectivity index (χ3v) is 9.13. The standard InChI is InChI=1S/C26H48O6/c1-16-10-22(12-20(24(16)29)14-31-18(3)27)26(8-6-5-7-9-26)23-11-17(2)25(30)21(13-23)15-32-19(4)28/h16-25,27-30H,5-15H2,1-4H3/t16?,17?,18?,19?,20-,21?,22?,23?,24?,25+/m0/s1. The normalized spacial score (nSPS) is 42.4. The smallest absolute Gasteiger partial charge is 0.151 e. The summed E-state index contributed by atoms with van der Waals surface area (Å²) in [5.41, 5.74) is 0.229. The molecule has 3 aliphatic carbocycles. The van der Waals surface area contributed by atoms with Crippen LogP contribution in [-0.2, 0) is 9.47 Å². The lowest BCUT2D eigenvalue weighted by Crippen LogP contribution is -2.51. The molecule has 0 aromatic heterocycles. The summed E-state index contributed by atoms with van der Waals surface area (Å²) >= 11 is 0. The molecule has 6 nitrogen and oxygen atoms in total. The summed E-state index contributed by atoms with van der Waals surface area (Å²) in [6, 6.07) is 0. The number of rotatable bonds is 8. The SMILES string of the molecule is CC(O)OCC1CC(C2(C3CC(C)C(O)[C@H](COC(C)O)C3)CCCCC2)CC(C)[C@H]1O. The molecule has 0 heterocycles. The predicted octanol–water partition coefficient (Wildman–Crippen LogP) is 3.69. The van der Waals surface area contributed by atoms with Crippen molar-refractivity contribution < 1.29 is 29.9 Å². The molecule has 6 heteroatoms. The van der Waals surface area contributed by atoms with E-state index in [0.29, 0.717) is 25.0 Å². The Kier molecular flexibility index (Phi) is 9.44. The minimum atomic E-state index is -0.808. The fourth-order valence-corrected chi connectivity index (χ4v) is 7.47. The highest BCUT2D eigenvalue weighted by atomic mass is 16.6. The number of hydrogen-bond acceptors (Lipinski definition) is 6. The van der Waals surface area contributed by atoms with Gasteiger partial charge in [-0.05, 0) is 81.5 Å². The Bertz CT molecular complexity index is 519. The van der Waals surface area contributed by atoms with Gasteiger partial charge in [0.25, 0.3) is 0 Å². The Labute approximate surface area is 194 Å². The average Bonchev–Trinajstić information content (AvgIpc) is 2.75. The van der Waals surface area contributed by atoms with Gasteiger partial charge in [-0.1, -0.05) is 33.1 Å². The van der Waals surface area contributed by atoms with E-state index in [4.69, 9.17) is 9.47 Å². The third-order valence-electron chi connectivity index (χ3n) is 9.13. The molecule has 3 fully saturated rings. The first-order chi connectivity index (χ1) is 15.1. The van der Waals surface area contributed by atoms with Crippen molar-refractivity contribution in [2.45, 2.75) is 110 Å². The summed E-state index contributed by atoms with van der Waals surface area (Å²) in [6.45, 7) is 8.39. The molecule has 4 N–H and O–H groups in total. The first kappa shape index (κ1) is 26.4. The zero-order valence-corrected chi connectivity index (χ0v) is 20.7. The van der Waals surface area contributed by atoms with Gasteiger partial charge in [0.15, 0.2) is 12.6 Å². The van der Waals surface area contributed by atoms with E-state index < -0.39 is 12.6 Å². The Morgan fingerprint density at radius 3 is 1.50 bits per heavy atom. The van der Waals surface area contributed by atoms with Crippen molar-refractivity contribution in [1.29, 1.82) is 0 Å². The van der Waals surface area contributed by atoms with Crippen LogP contribution in [0.4, 0.5) is 0 Å². The Morgan fingerprint density at radius 2 is 1.12 bits per heavy atom. The lowest BCUT2D eigenvalue weighted by atomic mass is 9.50. The fourth-order valence-electron chi connectivity index (χ4n) is 7.47. The molecule has 0 spiro atoms. The number of hydrogen-bond donors (Lipinski definition) is 4. The summed E-state index contributed by atoms with van der Waals surface area (Å²) in [5, 5.41) is 41.0. The van der Waals surface area contributed by atoms with Gasteiger partial charge in [-0.2, -0.15) is 0 Å². The summed E-state index contributed by atoms with van der Waals surface area (Å²) in [5.74, 6) is 1.59. The van der Waals surface area contributed by atoms with E-state index in [-0.39, 0.29) is 41.3 Å². The van der Waals surface area contributed by atoms with Crippen LogP contribution in [-0.4, -0.2) is 58.4 Å². The van der Waals surface area contributed by atoms with Crippen molar-refractivity contribution in [3.63, 3.8) is 0 Å². The highest BCUT2D eigenvalue weighted by molar-refractivity contribution is 5.02. The zero-order chi connectivity index (χ0) is 23.5. The van der Waals surface area contributed by atoms with E-state index in [2.05, 4.69) is 13.8 Å². The molecule has 0 bridgehead atoms. The third kappa shape index (κ3) is 6.05. The number of ether oxygens (including phenoxy) is 2. The molecule has 8 unspecified atom stereocenters.